The van der Waals surface area contributed by atoms with Crippen LogP contribution in [0.4, 0.5) is 0 Å². The Labute approximate surface area is 127 Å². The number of aliphatic carboxylic acids is 1. The summed E-state index contributed by atoms with van der Waals surface area (Å²) in [7, 11) is 0. The third-order valence-electron chi connectivity index (χ3n) is 3.05. The second-order valence-corrected chi connectivity index (χ2v) is 6.28. The van der Waals surface area contributed by atoms with Gasteiger partial charge in [0.1, 0.15) is 5.15 Å². The zero-order valence-electron chi connectivity index (χ0n) is 11.4. The van der Waals surface area contributed by atoms with E-state index in [-0.39, 0.29) is 5.92 Å². The third kappa shape index (κ3) is 3.64. The molecule has 2 rings (SSSR count). The fourth-order valence-corrected chi connectivity index (χ4v) is 3.16. The van der Waals surface area contributed by atoms with E-state index in [1.165, 1.54) is 0 Å². The molecule has 0 aliphatic heterocycles. The summed E-state index contributed by atoms with van der Waals surface area (Å²) in [5.74, 6) is 0.121. The molecule has 0 spiro atoms. The van der Waals surface area contributed by atoms with Crippen molar-refractivity contribution in [3.8, 4) is 0 Å². The predicted octanol–water partition coefficient (Wildman–Crippen LogP) is 4.15. The van der Waals surface area contributed by atoms with Crippen LogP contribution in [-0.4, -0.2) is 21.8 Å². The second kappa shape index (κ2) is 6.46. The summed E-state index contributed by atoms with van der Waals surface area (Å²) in [4.78, 5) is 15.2. The van der Waals surface area contributed by atoms with E-state index in [0.29, 0.717) is 16.7 Å². The number of aryl methyl sites for hydroxylation is 1. The van der Waals surface area contributed by atoms with Crippen molar-refractivity contribution in [2.24, 2.45) is 5.92 Å². The summed E-state index contributed by atoms with van der Waals surface area (Å²) in [5.41, 5.74) is 2.99. The molecule has 0 aliphatic carbocycles. The molecular formula is C15H16ClNO2S. The second-order valence-electron chi connectivity index (χ2n) is 4.89. The van der Waals surface area contributed by atoms with E-state index in [1.807, 2.05) is 31.2 Å². The van der Waals surface area contributed by atoms with Gasteiger partial charge in [0.25, 0.3) is 0 Å². The van der Waals surface area contributed by atoms with Gasteiger partial charge in [-0.25, -0.2) is 4.98 Å². The van der Waals surface area contributed by atoms with Crippen LogP contribution < -0.4 is 0 Å². The summed E-state index contributed by atoms with van der Waals surface area (Å²) < 4.78 is 0. The molecule has 1 unspecified atom stereocenters. The maximum Gasteiger partial charge on any atom is 0.307 e. The number of carbonyl (C=O) groups is 1. The van der Waals surface area contributed by atoms with Gasteiger partial charge in [-0.3, -0.25) is 4.79 Å². The average molecular weight is 310 g/mol. The van der Waals surface area contributed by atoms with Gasteiger partial charge in [-0.05, 0) is 24.6 Å². The highest BCUT2D eigenvalue weighted by Gasteiger charge is 2.12. The van der Waals surface area contributed by atoms with Gasteiger partial charge in [0.05, 0.1) is 11.4 Å². The van der Waals surface area contributed by atoms with E-state index in [9.17, 15) is 4.79 Å². The van der Waals surface area contributed by atoms with E-state index in [4.69, 9.17) is 16.7 Å². The highest BCUT2D eigenvalue weighted by Crippen LogP contribution is 2.25. The van der Waals surface area contributed by atoms with E-state index >= 15 is 0 Å². The van der Waals surface area contributed by atoms with Gasteiger partial charge in [-0.2, -0.15) is 11.8 Å². The highest BCUT2D eigenvalue weighted by molar-refractivity contribution is 7.98. The minimum atomic E-state index is -0.768. The first-order valence-electron chi connectivity index (χ1n) is 6.33. The highest BCUT2D eigenvalue weighted by atomic mass is 35.5. The number of aromatic nitrogens is 1. The molecule has 3 nitrogen and oxygen atoms in total. The van der Waals surface area contributed by atoms with Crippen LogP contribution in [-0.2, 0) is 10.5 Å². The van der Waals surface area contributed by atoms with Crippen LogP contribution in [0, 0.1) is 12.8 Å². The maximum atomic E-state index is 10.8. The number of hydrogen-bond donors (Lipinski definition) is 1. The fourth-order valence-electron chi connectivity index (χ4n) is 1.82. The fraction of sp³-hybridized carbons (Fsp3) is 0.333. The number of halogens is 1. The number of carboxylic acids is 1. The molecule has 20 heavy (non-hydrogen) atoms. The van der Waals surface area contributed by atoms with Crippen molar-refractivity contribution in [3.05, 3.63) is 40.5 Å². The van der Waals surface area contributed by atoms with Crippen molar-refractivity contribution in [2.45, 2.75) is 19.6 Å². The zero-order valence-corrected chi connectivity index (χ0v) is 13.0. The normalized spacial score (nSPS) is 12.6. The minimum absolute atomic E-state index is 0.352. The lowest BCUT2D eigenvalue weighted by molar-refractivity contribution is -0.140. The molecule has 0 saturated heterocycles. The number of nitrogens with zero attached hydrogens (tertiary/aromatic N) is 1. The van der Waals surface area contributed by atoms with Crippen LogP contribution in [0.2, 0.25) is 5.15 Å². The number of thioether (sulfide) groups is 1. The monoisotopic (exact) mass is 309 g/mol. The van der Waals surface area contributed by atoms with Crippen molar-refractivity contribution >= 4 is 40.2 Å². The number of pyridine rings is 1. The number of benzene rings is 1. The lowest BCUT2D eigenvalue weighted by Crippen LogP contribution is -2.11. The summed E-state index contributed by atoms with van der Waals surface area (Å²) in [5, 5.41) is 10.4. The van der Waals surface area contributed by atoms with Crippen molar-refractivity contribution in [1.82, 2.24) is 4.98 Å². The summed E-state index contributed by atoms with van der Waals surface area (Å²) >= 11 is 7.76. The Balaban J connectivity index is 2.12. The first kappa shape index (κ1) is 15.1. The van der Waals surface area contributed by atoms with Crippen LogP contribution >= 0.6 is 23.4 Å². The molecule has 0 saturated carbocycles. The number of hydrogen-bond acceptors (Lipinski definition) is 3. The van der Waals surface area contributed by atoms with Gasteiger partial charge in [-0.15, -0.1) is 0 Å². The first-order chi connectivity index (χ1) is 9.47. The van der Waals surface area contributed by atoms with Crippen LogP contribution in [0.5, 0.6) is 0 Å². The Morgan fingerprint density at radius 2 is 2.20 bits per heavy atom. The molecule has 1 atom stereocenters. The Morgan fingerprint density at radius 1 is 1.45 bits per heavy atom. The zero-order chi connectivity index (χ0) is 14.7. The van der Waals surface area contributed by atoms with Crippen molar-refractivity contribution in [1.29, 1.82) is 0 Å². The SMILES string of the molecule is Cc1ccc2cc(CSCC(C)C(=O)O)c(Cl)nc2c1. The molecule has 0 aliphatic rings. The molecule has 1 N–H and O–H groups in total. The Kier molecular flexibility index (Phi) is 4.89. The van der Waals surface area contributed by atoms with Gasteiger partial charge in [-0.1, -0.05) is 30.7 Å². The number of carboxylic acid groups (broad SMARTS) is 1. The molecule has 0 radical (unpaired) electrons. The third-order valence-corrected chi connectivity index (χ3v) is 4.62. The molecule has 106 valence electrons. The average Bonchev–Trinajstić information content (AvgIpc) is 2.39. The van der Waals surface area contributed by atoms with Gasteiger partial charge in [0, 0.05) is 22.5 Å². The molecule has 1 aromatic carbocycles. The smallest absolute Gasteiger partial charge is 0.307 e. The van der Waals surface area contributed by atoms with Gasteiger partial charge < -0.3 is 5.11 Å². The molecule has 1 heterocycles. The topological polar surface area (TPSA) is 50.2 Å². The van der Waals surface area contributed by atoms with Crippen LogP contribution in [0.3, 0.4) is 0 Å². The minimum Gasteiger partial charge on any atom is -0.481 e. The Morgan fingerprint density at radius 3 is 2.90 bits per heavy atom. The quantitative estimate of drug-likeness (QED) is 0.843. The largest absolute Gasteiger partial charge is 0.481 e. The summed E-state index contributed by atoms with van der Waals surface area (Å²) in [6.07, 6.45) is 0. The first-order valence-corrected chi connectivity index (χ1v) is 7.87. The molecule has 0 fully saturated rings. The standard InChI is InChI=1S/C15H16ClNO2S/c1-9-3-4-11-6-12(14(16)17-13(11)5-9)8-20-7-10(2)15(18)19/h3-6,10H,7-8H2,1-2H3,(H,18,19). The molecular weight excluding hydrogens is 294 g/mol. The molecule has 0 amide bonds. The van der Waals surface area contributed by atoms with Crippen LogP contribution in [0.15, 0.2) is 24.3 Å². The van der Waals surface area contributed by atoms with E-state index < -0.39 is 5.97 Å². The summed E-state index contributed by atoms with van der Waals surface area (Å²) in [6, 6.07) is 8.11. The molecule has 2 aromatic rings. The van der Waals surface area contributed by atoms with Gasteiger partial charge >= 0.3 is 5.97 Å². The van der Waals surface area contributed by atoms with Crippen LogP contribution in [0.25, 0.3) is 10.9 Å². The van der Waals surface area contributed by atoms with Gasteiger partial charge in [0.2, 0.25) is 0 Å². The molecule has 5 heteroatoms. The molecule has 0 bridgehead atoms. The van der Waals surface area contributed by atoms with Crippen molar-refractivity contribution in [2.75, 3.05) is 5.75 Å². The van der Waals surface area contributed by atoms with E-state index in [2.05, 4.69) is 4.98 Å². The summed E-state index contributed by atoms with van der Waals surface area (Å²) in [6.45, 7) is 3.73. The predicted molar refractivity (Wildman–Crippen MR) is 84.5 cm³/mol. The van der Waals surface area contributed by atoms with Crippen LogP contribution in [0.1, 0.15) is 18.1 Å². The van der Waals surface area contributed by atoms with E-state index in [1.54, 1.807) is 18.7 Å². The lowest BCUT2D eigenvalue weighted by Gasteiger charge is -2.08. The maximum absolute atomic E-state index is 10.8. The Hall–Kier alpha value is -1.26. The van der Waals surface area contributed by atoms with Gasteiger partial charge in [0.15, 0.2) is 0 Å². The number of fused-ring (bicyclic) bond motifs is 1. The number of rotatable bonds is 5. The van der Waals surface area contributed by atoms with Crippen molar-refractivity contribution < 1.29 is 9.90 Å². The lowest BCUT2D eigenvalue weighted by atomic mass is 10.1. The van der Waals surface area contributed by atoms with E-state index in [0.717, 1.165) is 22.0 Å². The van der Waals surface area contributed by atoms with Crippen molar-refractivity contribution in [3.63, 3.8) is 0 Å². The molecule has 1 aromatic heterocycles. The Bertz CT molecular complexity index is 645.